The molecule has 4 aromatic rings. The summed E-state index contributed by atoms with van der Waals surface area (Å²) in [4.78, 5) is 16.0. The van der Waals surface area contributed by atoms with E-state index in [1.807, 2.05) is 30.7 Å². The van der Waals surface area contributed by atoms with Gasteiger partial charge in [-0.1, -0.05) is 12.1 Å². The zero-order valence-electron chi connectivity index (χ0n) is 19.6. The maximum Gasteiger partial charge on any atom is 0.407 e. The second-order valence-electron chi connectivity index (χ2n) is 9.31. The van der Waals surface area contributed by atoms with Crippen LogP contribution < -0.4 is 5.32 Å². The molecule has 0 aliphatic heterocycles. The van der Waals surface area contributed by atoms with Gasteiger partial charge in [0.15, 0.2) is 0 Å². The van der Waals surface area contributed by atoms with Crippen molar-refractivity contribution >= 4 is 27.9 Å². The largest absolute Gasteiger partial charge is 0.480 e. The van der Waals surface area contributed by atoms with Gasteiger partial charge in [-0.05, 0) is 50.6 Å². The summed E-state index contributed by atoms with van der Waals surface area (Å²) in [6.45, 7) is 4.17. The van der Waals surface area contributed by atoms with Crippen LogP contribution in [0, 0.1) is 6.92 Å². The smallest absolute Gasteiger partial charge is 0.407 e. The highest BCUT2D eigenvalue weighted by Gasteiger charge is 2.44. The lowest BCUT2D eigenvalue weighted by Crippen LogP contribution is -2.47. The number of alkyl halides is 4. The van der Waals surface area contributed by atoms with E-state index in [2.05, 4.69) is 10.3 Å². The van der Waals surface area contributed by atoms with Gasteiger partial charge in [-0.25, -0.2) is 9.37 Å². The Kier molecular flexibility index (Phi) is 6.12. The summed E-state index contributed by atoms with van der Waals surface area (Å²) in [5.74, 6) is -1.56. The van der Waals surface area contributed by atoms with Crippen molar-refractivity contribution in [2.75, 3.05) is 0 Å². The van der Waals surface area contributed by atoms with E-state index in [0.717, 1.165) is 30.8 Å². The Balaban J connectivity index is 1.75. The molecule has 0 aliphatic rings. The summed E-state index contributed by atoms with van der Waals surface area (Å²) in [6, 6.07) is 5.42. The predicted molar refractivity (Wildman–Crippen MR) is 124 cm³/mol. The average molecular weight is 491 g/mol. The van der Waals surface area contributed by atoms with Crippen LogP contribution in [0.25, 0.3) is 33.2 Å². The molecular weight excluding hydrogens is 466 g/mol. The van der Waals surface area contributed by atoms with Crippen LogP contribution >= 0.6 is 0 Å². The molecule has 2 atom stereocenters. The highest BCUT2D eigenvalue weighted by molar-refractivity contribution is 6.06. The summed E-state index contributed by atoms with van der Waals surface area (Å²) >= 11 is 0. The second-order valence-corrected chi connectivity index (χ2v) is 9.31. The number of benzene rings is 2. The van der Waals surface area contributed by atoms with E-state index < -0.39 is 36.3 Å². The van der Waals surface area contributed by atoms with E-state index in [1.165, 1.54) is 18.2 Å². The minimum absolute atomic E-state index is 0.223. The lowest BCUT2D eigenvalue weighted by atomic mass is 9.97. The number of carboxylic acid groups (broad SMARTS) is 1. The number of hydrogen-bond donors (Lipinski definition) is 2. The van der Waals surface area contributed by atoms with E-state index in [9.17, 15) is 27.5 Å². The second kappa shape index (κ2) is 8.67. The molecule has 0 spiro atoms. The zero-order valence-corrected chi connectivity index (χ0v) is 19.6. The van der Waals surface area contributed by atoms with Crippen molar-refractivity contribution in [1.29, 1.82) is 0 Å². The van der Waals surface area contributed by atoms with Gasteiger partial charge in [-0.3, -0.25) is 10.1 Å². The first kappa shape index (κ1) is 24.7. The summed E-state index contributed by atoms with van der Waals surface area (Å²) in [5.41, 5.74) is 1.11. The third kappa shape index (κ3) is 5.02. The molecule has 10 heteroatoms. The molecule has 4 rings (SSSR count). The Hall–Kier alpha value is -3.40. The summed E-state index contributed by atoms with van der Waals surface area (Å²) < 4.78 is 63.6. The van der Waals surface area contributed by atoms with Gasteiger partial charge in [0, 0.05) is 35.5 Å². The van der Waals surface area contributed by atoms with Crippen LogP contribution in [0.1, 0.15) is 37.6 Å². The molecule has 186 valence electrons. The topological polar surface area (TPSA) is 80.3 Å². The van der Waals surface area contributed by atoms with Crippen molar-refractivity contribution in [2.24, 2.45) is 7.05 Å². The first-order valence-electron chi connectivity index (χ1n) is 10.9. The van der Waals surface area contributed by atoms with Crippen LogP contribution in [-0.4, -0.2) is 38.5 Å². The fourth-order valence-corrected chi connectivity index (χ4v) is 4.18. The molecule has 0 radical (unpaired) electrons. The first-order valence-corrected chi connectivity index (χ1v) is 10.9. The maximum absolute atomic E-state index is 14.1. The van der Waals surface area contributed by atoms with E-state index in [4.69, 9.17) is 4.42 Å². The molecule has 0 bridgehead atoms. The summed E-state index contributed by atoms with van der Waals surface area (Å²) in [5, 5.41) is 12.8. The Labute approximate surface area is 198 Å². The molecule has 0 saturated heterocycles. The normalized spacial score (nSPS) is 14.5. The summed E-state index contributed by atoms with van der Waals surface area (Å²) in [6.07, 6.45) is -3.75. The fraction of sp³-hybridized carbons (Fsp3) is 0.360. The van der Waals surface area contributed by atoms with Gasteiger partial charge < -0.3 is 14.1 Å². The standard InChI is InChI=1S/C25H25F4N3O3/c1-13-21(30-12-32(13)4)14-6-8-19-17(9-14)16-7-5-15(10-20(16)35-19)22(25(27,28)29)31-18(23(33)34)11-24(2,3)26/h5-10,12,18,22,31H,11H2,1-4H3,(H,33,34). The number of nitrogens with one attached hydrogen (secondary N) is 1. The van der Waals surface area contributed by atoms with Crippen LogP contribution in [0.4, 0.5) is 17.6 Å². The molecule has 2 N–H and O–H groups in total. The average Bonchev–Trinajstić information content (AvgIpc) is 3.27. The minimum atomic E-state index is -4.82. The number of nitrogens with zero attached hydrogens (tertiary/aromatic N) is 2. The number of imidazole rings is 1. The number of hydrogen-bond acceptors (Lipinski definition) is 4. The number of carboxylic acids is 1. The zero-order chi connectivity index (χ0) is 25.7. The molecule has 0 amide bonds. The minimum Gasteiger partial charge on any atom is -0.480 e. The van der Waals surface area contributed by atoms with E-state index in [-0.39, 0.29) is 11.1 Å². The first-order chi connectivity index (χ1) is 16.2. The van der Waals surface area contributed by atoms with Crippen molar-refractivity contribution in [3.8, 4) is 11.3 Å². The van der Waals surface area contributed by atoms with Crippen molar-refractivity contribution in [2.45, 2.75) is 51.1 Å². The molecule has 2 heterocycles. The predicted octanol–water partition coefficient (Wildman–Crippen LogP) is 6.08. The Morgan fingerprint density at radius 2 is 1.83 bits per heavy atom. The number of fused-ring (bicyclic) bond motifs is 3. The number of carbonyl (C=O) groups is 1. The highest BCUT2D eigenvalue weighted by Crippen LogP contribution is 2.38. The Morgan fingerprint density at radius 3 is 2.40 bits per heavy atom. The molecule has 2 aromatic carbocycles. The Morgan fingerprint density at radius 1 is 1.11 bits per heavy atom. The molecular formula is C25H25F4N3O3. The van der Waals surface area contributed by atoms with Gasteiger partial charge in [0.2, 0.25) is 0 Å². The number of aliphatic carboxylic acids is 1. The fourth-order valence-electron chi connectivity index (χ4n) is 4.18. The van der Waals surface area contributed by atoms with Crippen molar-refractivity contribution in [1.82, 2.24) is 14.9 Å². The quantitative estimate of drug-likeness (QED) is 0.306. The third-order valence-electron chi connectivity index (χ3n) is 6.02. The van der Waals surface area contributed by atoms with E-state index >= 15 is 0 Å². The highest BCUT2D eigenvalue weighted by atomic mass is 19.4. The third-order valence-corrected chi connectivity index (χ3v) is 6.02. The molecule has 35 heavy (non-hydrogen) atoms. The number of halogens is 4. The van der Waals surface area contributed by atoms with E-state index in [0.29, 0.717) is 16.4 Å². The number of rotatable bonds is 7. The van der Waals surface area contributed by atoms with Gasteiger partial charge >= 0.3 is 12.1 Å². The van der Waals surface area contributed by atoms with Gasteiger partial charge in [0.25, 0.3) is 0 Å². The molecule has 0 aliphatic carbocycles. The number of aryl methyl sites for hydroxylation is 1. The lowest BCUT2D eigenvalue weighted by Gasteiger charge is -2.28. The van der Waals surface area contributed by atoms with Crippen LogP contribution in [-0.2, 0) is 11.8 Å². The summed E-state index contributed by atoms with van der Waals surface area (Å²) in [7, 11) is 1.88. The number of furan rings is 1. The molecule has 6 nitrogen and oxygen atoms in total. The van der Waals surface area contributed by atoms with E-state index in [1.54, 1.807) is 12.4 Å². The van der Waals surface area contributed by atoms with Crippen LogP contribution in [0.15, 0.2) is 47.1 Å². The molecule has 0 saturated carbocycles. The number of aromatic nitrogens is 2. The lowest BCUT2D eigenvalue weighted by molar-refractivity contribution is -0.164. The van der Waals surface area contributed by atoms with Crippen LogP contribution in [0.3, 0.4) is 0 Å². The SMILES string of the molecule is Cc1c(-c2ccc3oc4cc(C(NC(CC(C)(C)F)C(=O)O)C(F)(F)F)ccc4c3c2)ncn1C. The van der Waals surface area contributed by atoms with Gasteiger partial charge in [0.1, 0.15) is 28.9 Å². The van der Waals surface area contributed by atoms with Gasteiger partial charge in [0.05, 0.1) is 12.0 Å². The van der Waals surface area contributed by atoms with Crippen molar-refractivity contribution < 1.29 is 31.9 Å². The molecule has 2 aromatic heterocycles. The van der Waals surface area contributed by atoms with Crippen LogP contribution in [0.5, 0.6) is 0 Å². The monoisotopic (exact) mass is 491 g/mol. The Bertz CT molecular complexity index is 1400. The molecule has 2 unspecified atom stereocenters. The maximum atomic E-state index is 14.1. The van der Waals surface area contributed by atoms with Gasteiger partial charge in [-0.15, -0.1) is 0 Å². The van der Waals surface area contributed by atoms with Crippen LogP contribution in [0.2, 0.25) is 0 Å². The molecule has 0 fully saturated rings. The van der Waals surface area contributed by atoms with Crippen molar-refractivity contribution in [3.63, 3.8) is 0 Å². The van der Waals surface area contributed by atoms with Crippen molar-refractivity contribution in [3.05, 3.63) is 54.0 Å². The van der Waals surface area contributed by atoms with Gasteiger partial charge in [-0.2, -0.15) is 13.2 Å².